The zero-order valence-electron chi connectivity index (χ0n) is 12.8. The van der Waals surface area contributed by atoms with Gasteiger partial charge in [0.25, 0.3) is 5.91 Å². The minimum Gasteiger partial charge on any atom is -0.346 e. The fraction of sp³-hybridized carbons (Fsp3) is 0.278. The third-order valence-electron chi connectivity index (χ3n) is 4.46. The molecular formula is C18H18N4O. The van der Waals surface area contributed by atoms with Gasteiger partial charge < -0.3 is 9.88 Å². The van der Waals surface area contributed by atoms with E-state index in [-0.39, 0.29) is 5.91 Å². The Hall–Kier alpha value is -2.69. The molecule has 0 aromatic carbocycles. The molecule has 0 aliphatic carbocycles. The zero-order chi connectivity index (χ0) is 15.6. The van der Waals surface area contributed by atoms with E-state index in [0.717, 1.165) is 37.0 Å². The highest BCUT2D eigenvalue weighted by molar-refractivity contribution is 5.94. The molecule has 116 valence electrons. The second-order valence-electron chi connectivity index (χ2n) is 6.11. The van der Waals surface area contributed by atoms with E-state index in [1.54, 1.807) is 18.5 Å². The number of nitrogens with one attached hydrogen (secondary N) is 1. The van der Waals surface area contributed by atoms with E-state index in [0.29, 0.717) is 11.5 Å². The Morgan fingerprint density at radius 3 is 3.17 bits per heavy atom. The third-order valence-corrected chi connectivity index (χ3v) is 4.46. The molecule has 0 saturated carbocycles. The van der Waals surface area contributed by atoms with Crippen LogP contribution in [0.5, 0.6) is 0 Å². The van der Waals surface area contributed by atoms with Crippen LogP contribution in [0.25, 0.3) is 11.0 Å². The largest absolute Gasteiger partial charge is 0.346 e. The molecule has 0 radical (unpaired) electrons. The van der Waals surface area contributed by atoms with Gasteiger partial charge in [0.15, 0.2) is 0 Å². The molecule has 3 aromatic rings. The van der Waals surface area contributed by atoms with Crippen molar-refractivity contribution in [3.05, 3.63) is 60.2 Å². The summed E-state index contributed by atoms with van der Waals surface area (Å²) < 4.78 is 0. The molecule has 4 rings (SSSR count). The molecule has 1 aliphatic heterocycles. The van der Waals surface area contributed by atoms with E-state index in [1.165, 1.54) is 5.56 Å². The highest BCUT2D eigenvalue weighted by Gasteiger charge is 2.27. The first-order valence-corrected chi connectivity index (χ1v) is 7.91. The molecule has 1 aliphatic rings. The van der Waals surface area contributed by atoms with Crippen molar-refractivity contribution in [2.45, 2.75) is 12.8 Å². The van der Waals surface area contributed by atoms with Gasteiger partial charge in [0, 0.05) is 43.3 Å². The van der Waals surface area contributed by atoms with Crippen molar-refractivity contribution in [1.82, 2.24) is 19.9 Å². The Morgan fingerprint density at radius 1 is 1.35 bits per heavy atom. The molecule has 0 spiro atoms. The number of aromatic nitrogens is 3. The van der Waals surface area contributed by atoms with E-state index in [2.05, 4.69) is 21.0 Å². The van der Waals surface area contributed by atoms with Gasteiger partial charge in [0.05, 0.1) is 5.56 Å². The van der Waals surface area contributed by atoms with E-state index < -0.39 is 0 Å². The van der Waals surface area contributed by atoms with E-state index in [1.807, 2.05) is 29.4 Å². The maximum atomic E-state index is 12.5. The average Bonchev–Trinajstić information content (AvgIpc) is 3.24. The number of fused-ring (bicyclic) bond motifs is 1. The van der Waals surface area contributed by atoms with Gasteiger partial charge in [-0.2, -0.15) is 0 Å². The van der Waals surface area contributed by atoms with Crippen molar-refractivity contribution in [3.8, 4) is 0 Å². The van der Waals surface area contributed by atoms with Gasteiger partial charge in [-0.15, -0.1) is 0 Å². The summed E-state index contributed by atoms with van der Waals surface area (Å²) in [5.74, 6) is 0.577. The quantitative estimate of drug-likeness (QED) is 0.809. The summed E-state index contributed by atoms with van der Waals surface area (Å²) in [6, 6.07) is 7.86. The van der Waals surface area contributed by atoms with Gasteiger partial charge in [-0.3, -0.25) is 9.78 Å². The lowest BCUT2D eigenvalue weighted by Gasteiger charge is -2.16. The van der Waals surface area contributed by atoms with Gasteiger partial charge in [0.1, 0.15) is 5.65 Å². The number of H-pyrrole nitrogens is 1. The minimum absolute atomic E-state index is 0.0832. The summed E-state index contributed by atoms with van der Waals surface area (Å²) in [6.45, 7) is 1.62. The molecule has 1 fully saturated rings. The van der Waals surface area contributed by atoms with Crippen molar-refractivity contribution in [2.75, 3.05) is 13.1 Å². The number of carbonyl (C=O) groups is 1. The van der Waals surface area contributed by atoms with Gasteiger partial charge >= 0.3 is 0 Å². The maximum Gasteiger partial charge on any atom is 0.255 e. The molecule has 0 unspecified atom stereocenters. The lowest BCUT2D eigenvalue weighted by molar-refractivity contribution is 0.0786. The lowest BCUT2D eigenvalue weighted by Crippen LogP contribution is -2.29. The first kappa shape index (κ1) is 13.9. The predicted molar refractivity (Wildman–Crippen MR) is 88.0 cm³/mol. The van der Waals surface area contributed by atoms with E-state index in [4.69, 9.17) is 0 Å². The number of hydrogen-bond donors (Lipinski definition) is 1. The summed E-state index contributed by atoms with van der Waals surface area (Å²) >= 11 is 0. The molecule has 3 aromatic heterocycles. The van der Waals surface area contributed by atoms with Crippen molar-refractivity contribution < 1.29 is 4.79 Å². The van der Waals surface area contributed by atoms with Crippen molar-refractivity contribution in [1.29, 1.82) is 0 Å². The second-order valence-corrected chi connectivity index (χ2v) is 6.11. The van der Waals surface area contributed by atoms with Crippen LogP contribution in [0.2, 0.25) is 0 Å². The highest BCUT2D eigenvalue weighted by atomic mass is 16.2. The standard InChI is InChI=1S/C18H18N4O/c23-18(16-2-1-5-19-11-16)22-7-4-13(12-22)8-14-9-15-3-6-20-17(15)21-10-14/h1-3,5-6,9-11,13H,4,7-8,12H2,(H,20,21)/t13-/m0/s1. The molecule has 0 bridgehead atoms. The van der Waals surface area contributed by atoms with Crippen LogP contribution in [0.15, 0.2) is 49.1 Å². The highest BCUT2D eigenvalue weighted by Crippen LogP contribution is 2.23. The Kier molecular flexibility index (Phi) is 3.54. The summed E-state index contributed by atoms with van der Waals surface area (Å²) in [5, 5.41) is 1.14. The molecular weight excluding hydrogens is 288 g/mol. The monoisotopic (exact) mass is 306 g/mol. The van der Waals surface area contributed by atoms with Gasteiger partial charge in [-0.05, 0) is 48.6 Å². The van der Waals surface area contributed by atoms with Gasteiger partial charge in [-0.25, -0.2) is 4.98 Å². The number of pyridine rings is 2. The summed E-state index contributed by atoms with van der Waals surface area (Å²) in [7, 11) is 0. The van der Waals surface area contributed by atoms with Crippen molar-refractivity contribution in [3.63, 3.8) is 0 Å². The number of hydrogen-bond acceptors (Lipinski definition) is 3. The fourth-order valence-corrected chi connectivity index (χ4v) is 3.29. The smallest absolute Gasteiger partial charge is 0.255 e. The predicted octanol–water partition coefficient (Wildman–Crippen LogP) is 2.66. The Bertz CT molecular complexity index is 827. The Labute approximate surface area is 134 Å². The molecule has 4 heterocycles. The lowest BCUT2D eigenvalue weighted by atomic mass is 9.99. The van der Waals surface area contributed by atoms with Crippen LogP contribution < -0.4 is 0 Å². The number of rotatable bonds is 3. The first-order chi connectivity index (χ1) is 11.3. The van der Waals surface area contributed by atoms with Gasteiger partial charge in [-0.1, -0.05) is 0 Å². The third kappa shape index (κ3) is 2.82. The normalized spacial score (nSPS) is 17.7. The molecule has 1 N–H and O–H groups in total. The fourth-order valence-electron chi connectivity index (χ4n) is 3.29. The number of amides is 1. The minimum atomic E-state index is 0.0832. The van der Waals surface area contributed by atoms with Crippen molar-refractivity contribution in [2.24, 2.45) is 5.92 Å². The number of aromatic amines is 1. The number of likely N-dealkylation sites (tertiary alicyclic amines) is 1. The summed E-state index contributed by atoms with van der Waals surface area (Å²) in [5.41, 5.74) is 2.83. The van der Waals surface area contributed by atoms with E-state index >= 15 is 0 Å². The summed E-state index contributed by atoms with van der Waals surface area (Å²) in [4.78, 5) is 26.0. The molecule has 23 heavy (non-hydrogen) atoms. The SMILES string of the molecule is O=C(c1cccnc1)N1CC[C@@H](Cc2cnc3[nH]ccc3c2)C1. The molecule has 1 saturated heterocycles. The van der Waals surface area contributed by atoms with Crippen LogP contribution in [-0.4, -0.2) is 38.8 Å². The average molecular weight is 306 g/mol. The Morgan fingerprint density at radius 2 is 2.30 bits per heavy atom. The van der Waals surface area contributed by atoms with Crippen LogP contribution in [0.1, 0.15) is 22.3 Å². The van der Waals surface area contributed by atoms with Crippen LogP contribution >= 0.6 is 0 Å². The topological polar surface area (TPSA) is 61.9 Å². The Balaban J connectivity index is 1.43. The second kappa shape index (κ2) is 5.83. The van der Waals surface area contributed by atoms with Crippen LogP contribution in [0, 0.1) is 5.92 Å². The number of nitrogens with zero attached hydrogens (tertiary/aromatic N) is 3. The molecule has 1 amide bonds. The van der Waals surface area contributed by atoms with Gasteiger partial charge in [0.2, 0.25) is 0 Å². The molecule has 5 heteroatoms. The van der Waals surface area contributed by atoms with E-state index in [9.17, 15) is 4.79 Å². The van der Waals surface area contributed by atoms with Crippen LogP contribution in [0.4, 0.5) is 0 Å². The van der Waals surface area contributed by atoms with Crippen LogP contribution in [-0.2, 0) is 6.42 Å². The van der Waals surface area contributed by atoms with Crippen molar-refractivity contribution >= 4 is 16.9 Å². The molecule has 1 atom stereocenters. The zero-order valence-corrected chi connectivity index (χ0v) is 12.8. The molecule has 5 nitrogen and oxygen atoms in total. The van der Waals surface area contributed by atoms with Crippen LogP contribution in [0.3, 0.4) is 0 Å². The summed E-state index contributed by atoms with van der Waals surface area (Å²) in [6.07, 6.45) is 9.17. The maximum absolute atomic E-state index is 12.5. The first-order valence-electron chi connectivity index (χ1n) is 7.91. The number of carbonyl (C=O) groups excluding carboxylic acids is 1.